The second-order valence-corrected chi connectivity index (χ2v) is 4.85. The maximum Gasteiger partial charge on any atom is -0.0322 e. The molecule has 1 heterocycles. The van der Waals surface area contributed by atoms with Gasteiger partial charge in [0.15, 0.2) is 0 Å². The van der Waals surface area contributed by atoms with Gasteiger partial charge in [-0.25, -0.2) is 0 Å². The average molecular weight is 142 g/mol. The largest absolute Gasteiger partial charge is 0.122 e. The van der Waals surface area contributed by atoms with Crippen molar-refractivity contribution in [2.24, 2.45) is 11.8 Å². The molecule has 3 atom stereocenters. The number of hydrogen-bond donors (Lipinski definition) is 0. The third-order valence-corrected chi connectivity index (χ3v) is 4.37. The Morgan fingerprint density at radius 2 is 1.89 bits per heavy atom. The van der Waals surface area contributed by atoms with Gasteiger partial charge in [0.2, 0.25) is 0 Å². The van der Waals surface area contributed by atoms with Crippen LogP contribution in [0.3, 0.4) is 0 Å². The smallest absolute Gasteiger partial charge is 0.0322 e. The van der Waals surface area contributed by atoms with Crippen LogP contribution in [0, 0.1) is 11.8 Å². The van der Waals surface area contributed by atoms with E-state index in [1.54, 1.807) is 38.0 Å². The average Bonchev–Trinajstić information content (AvgIpc) is 2.33. The van der Waals surface area contributed by atoms with Crippen LogP contribution >= 0.6 is 8.58 Å². The molecule has 0 radical (unpaired) electrons. The zero-order valence-electron chi connectivity index (χ0n) is 5.90. The molecular weight excluding hydrogens is 127 g/mol. The van der Waals surface area contributed by atoms with Gasteiger partial charge in [-0.1, -0.05) is 12.8 Å². The van der Waals surface area contributed by atoms with Crippen molar-refractivity contribution >= 4 is 8.58 Å². The highest BCUT2D eigenvalue weighted by Crippen LogP contribution is 2.42. The van der Waals surface area contributed by atoms with Crippen LogP contribution in [0.15, 0.2) is 0 Å². The Hall–Kier alpha value is 0.430. The van der Waals surface area contributed by atoms with E-state index in [9.17, 15) is 0 Å². The molecule has 2 fully saturated rings. The van der Waals surface area contributed by atoms with Crippen LogP contribution in [0.4, 0.5) is 0 Å². The Kier molecular flexibility index (Phi) is 1.77. The zero-order valence-corrected chi connectivity index (χ0v) is 6.90. The maximum atomic E-state index is 1.59. The Labute approximate surface area is 59.2 Å². The van der Waals surface area contributed by atoms with Crippen molar-refractivity contribution in [3.8, 4) is 0 Å². The van der Waals surface area contributed by atoms with E-state index in [4.69, 9.17) is 0 Å². The minimum Gasteiger partial charge on any atom is -0.122 e. The minimum absolute atomic E-state index is 1.17. The molecular formula is C8H15P. The lowest BCUT2D eigenvalue weighted by molar-refractivity contribution is 0.403. The highest BCUT2D eigenvalue weighted by molar-refractivity contribution is 7.38. The summed E-state index contributed by atoms with van der Waals surface area (Å²) in [6.45, 7) is 0. The van der Waals surface area contributed by atoms with Gasteiger partial charge in [-0.15, -0.1) is 8.58 Å². The molecule has 3 unspecified atom stereocenters. The predicted octanol–water partition coefficient (Wildman–Crippen LogP) is 2.48. The molecule has 2 aliphatic rings. The second kappa shape index (κ2) is 2.58. The fraction of sp³-hybridized carbons (Fsp3) is 1.00. The van der Waals surface area contributed by atoms with Gasteiger partial charge in [0.05, 0.1) is 0 Å². The van der Waals surface area contributed by atoms with Crippen LogP contribution in [0.1, 0.15) is 25.7 Å². The van der Waals surface area contributed by atoms with Gasteiger partial charge in [0.25, 0.3) is 0 Å². The zero-order chi connectivity index (χ0) is 6.10. The quantitative estimate of drug-likeness (QED) is 0.456. The van der Waals surface area contributed by atoms with E-state index in [-0.39, 0.29) is 0 Å². The summed E-state index contributed by atoms with van der Waals surface area (Å²) < 4.78 is 0. The van der Waals surface area contributed by atoms with Gasteiger partial charge >= 0.3 is 0 Å². The molecule has 0 aromatic heterocycles. The molecule has 1 aliphatic carbocycles. The first kappa shape index (κ1) is 6.16. The lowest BCUT2D eigenvalue weighted by Crippen LogP contribution is -2.15. The molecule has 0 spiro atoms. The fourth-order valence-corrected chi connectivity index (χ4v) is 4.02. The summed E-state index contributed by atoms with van der Waals surface area (Å²) in [6.07, 6.45) is 9.39. The standard InChI is InChI=1S/C8H15P/c1-2-7-4-5-9-6-8(7)3-1/h7-9H,1-6H2. The lowest BCUT2D eigenvalue weighted by Gasteiger charge is -2.24. The van der Waals surface area contributed by atoms with Crippen LogP contribution in [0.2, 0.25) is 0 Å². The molecule has 1 aliphatic heterocycles. The summed E-state index contributed by atoms with van der Waals surface area (Å²) in [7, 11) is 1.31. The van der Waals surface area contributed by atoms with Crippen molar-refractivity contribution < 1.29 is 0 Å². The van der Waals surface area contributed by atoms with Gasteiger partial charge in [-0.05, 0) is 37.0 Å². The van der Waals surface area contributed by atoms with Crippen molar-refractivity contribution in [2.75, 3.05) is 12.3 Å². The van der Waals surface area contributed by atoms with Crippen LogP contribution in [-0.4, -0.2) is 12.3 Å². The highest BCUT2D eigenvalue weighted by Gasteiger charge is 2.28. The second-order valence-electron chi connectivity index (χ2n) is 3.44. The van der Waals surface area contributed by atoms with Crippen LogP contribution in [-0.2, 0) is 0 Å². The van der Waals surface area contributed by atoms with Gasteiger partial charge < -0.3 is 0 Å². The summed E-state index contributed by atoms with van der Waals surface area (Å²) >= 11 is 0. The number of hydrogen-bond acceptors (Lipinski definition) is 0. The summed E-state index contributed by atoms with van der Waals surface area (Å²) in [5.41, 5.74) is 0. The van der Waals surface area contributed by atoms with Gasteiger partial charge in [0, 0.05) is 0 Å². The molecule has 1 heteroatoms. The summed E-state index contributed by atoms with van der Waals surface area (Å²) in [4.78, 5) is 0. The molecule has 0 aromatic rings. The Balaban J connectivity index is 1.97. The van der Waals surface area contributed by atoms with Crippen molar-refractivity contribution in [2.45, 2.75) is 25.7 Å². The van der Waals surface area contributed by atoms with E-state index in [2.05, 4.69) is 0 Å². The first-order valence-corrected chi connectivity index (χ1v) is 5.59. The monoisotopic (exact) mass is 142 g/mol. The molecule has 0 nitrogen and oxygen atoms in total. The topological polar surface area (TPSA) is 0 Å². The SMILES string of the molecule is C1CC2CCPCC2C1. The molecule has 52 valence electrons. The van der Waals surface area contributed by atoms with E-state index in [1.807, 2.05) is 0 Å². The van der Waals surface area contributed by atoms with E-state index >= 15 is 0 Å². The Bertz CT molecular complexity index is 88.7. The van der Waals surface area contributed by atoms with E-state index in [0.717, 1.165) is 0 Å². The van der Waals surface area contributed by atoms with Gasteiger partial charge in [-0.3, -0.25) is 0 Å². The third kappa shape index (κ3) is 1.15. The first-order chi connectivity index (χ1) is 4.47. The van der Waals surface area contributed by atoms with Crippen LogP contribution < -0.4 is 0 Å². The molecule has 2 rings (SSSR count). The normalized spacial score (nSPS) is 45.3. The highest BCUT2D eigenvalue weighted by atomic mass is 31.1. The van der Waals surface area contributed by atoms with Crippen LogP contribution in [0.25, 0.3) is 0 Å². The maximum absolute atomic E-state index is 1.59. The molecule has 1 saturated carbocycles. The van der Waals surface area contributed by atoms with Crippen molar-refractivity contribution in [3.05, 3.63) is 0 Å². The molecule has 1 saturated heterocycles. The summed E-state index contributed by atoms with van der Waals surface area (Å²) in [5.74, 6) is 2.35. The molecule has 0 bridgehead atoms. The molecule has 0 N–H and O–H groups in total. The Morgan fingerprint density at radius 3 is 2.78 bits per heavy atom. The molecule has 0 aromatic carbocycles. The summed E-state index contributed by atoms with van der Waals surface area (Å²) in [5, 5.41) is 0. The van der Waals surface area contributed by atoms with Crippen molar-refractivity contribution in [1.29, 1.82) is 0 Å². The number of rotatable bonds is 0. The van der Waals surface area contributed by atoms with Gasteiger partial charge in [0.1, 0.15) is 0 Å². The Morgan fingerprint density at radius 1 is 1.00 bits per heavy atom. The van der Waals surface area contributed by atoms with Crippen LogP contribution in [0.5, 0.6) is 0 Å². The summed E-state index contributed by atoms with van der Waals surface area (Å²) in [6, 6.07) is 0. The van der Waals surface area contributed by atoms with Crippen molar-refractivity contribution in [3.63, 3.8) is 0 Å². The van der Waals surface area contributed by atoms with E-state index in [0.29, 0.717) is 0 Å². The number of fused-ring (bicyclic) bond motifs is 1. The minimum atomic E-state index is 1.17. The van der Waals surface area contributed by atoms with E-state index in [1.165, 1.54) is 20.4 Å². The predicted molar refractivity (Wildman–Crippen MR) is 43.5 cm³/mol. The molecule has 0 amide bonds. The molecule has 9 heavy (non-hydrogen) atoms. The fourth-order valence-electron chi connectivity index (χ4n) is 2.34. The first-order valence-electron chi connectivity index (χ1n) is 4.17. The third-order valence-electron chi connectivity index (χ3n) is 2.91. The van der Waals surface area contributed by atoms with E-state index < -0.39 is 0 Å². The van der Waals surface area contributed by atoms with Crippen molar-refractivity contribution in [1.82, 2.24) is 0 Å². The lowest BCUT2D eigenvalue weighted by atomic mass is 9.95. The van der Waals surface area contributed by atoms with Gasteiger partial charge in [-0.2, -0.15) is 0 Å².